The Bertz CT molecular complexity index is 231. The summed E-state index contributed by atoms with van der Waals surface area (Å²) in [5.74, 6) is 0. The van der Waals surface area contributed by atoms with E-state index in [0.29, 0.717) is 0 Å². The Morgan fingerprint density at radius 3 is 2.54 bits per heavy atom. The summed E-state index contributed by atoms with van der Waals surface area (Å²) < 4.78 is 0. The molecule has 1 unspecified atom stereocenters. The van der Waals surface area contributed by atoms with Gasteiger partial charge in [-0.1, -0.05) is 19.4 Å². The minimum absolute atomic E-state index is 0. The van der Waals surface area contributed by atoms with Gasteiger partial charge < -0.3 is 5.73 Å². The van der Waals surface area contributed by atoms with Crippen LogP contribution in [0.5, 0.6) is 0 Å². The summed E-state index contributed by atoms with van der Waals surface area (Å²) in [4.78, 5) is 4.31. The molecule has 0 aromatic carbocycles. The number of nitrogens with two attached hydrogens (primary N) is 1. The van der Waals surface area contributed by atoms with Gasteiger partial charge in [-0.05, 0) is 25.0 Å². The van der Waals surface area contributed by atoms with Crippen LogP contribution in [0.2, 0.25) is 0 Å². The lowest BCUT2D eigenvalue weighted by atomic mass is 10.1. The zero-order chi connectivity index (χ0) is 8.97. The summed E-state index contributed by atoms with van der Waals surface area (Å²) in [6.07, 6.45) is 4.07. The Hall–Kier alpha value is -0.600. The highest BCUT2D eigenvalue weighted by molar-refractivity contribution is 5.85. The molecule has 3 heteroatoms. The number of aryl methyl sites for hydroxylation is 1. The van der Waals surface area contributed by atoms with Crippen molar-refractivity contribution in [3.63, 3.8) is 0 Å². The summed E-state index contributed by atoms with van der Waals surface area (Å²) >= 11 is 0. The molecule has 1 heterocycles. The van der Waals surface area contributed by atoms with Crippen molar-refractivity contribution in [1.82, 2.24) is 4.98 Å². The van der Waals surface area contributed by atoms with Crippen molar-refractivity contribution in [2.45, 2.75) is 32.7 Å². The normalized spacial score (nSPS) is 11.9. The predicted molar refractivity (Wildman–Crippen MR) is 58.1 cm³/mol. The van der Waals surface area contributed by atoms with Gasteiger partial charge in [0.1, 0.15) is 0 Å². The van der Waals surface area contributed by atoms with E-state index in [2.05, 4.69) is 24.0 Å². The average molecular weight is 201 g/mol. The van der Waals surface area contributed by atoms with Crippen molar-refractivity contribution in [3.8, 4) is 0 Å². The number of hydrogen-bond donors (Lipinski definition) is 1. The van der Waals surface area contributed by atoms with Gasteiger partial charge >= 0.3 is 0 Å². The van der Waals surface area contributed by atoms with E-state index in [1.807, 2.05) is 13.1 Å². The molecule has 0 aliphatic rings. The molecule has 0 radical (unpaired) electrons. The lowest BCUT2D eigenvalue weighted by Crippen LogP contribution is -2.05. The first kappa shape index (κ1) is 12.4. The lowest BCUT2D eigenvalue weighted by Gasteiger charge is -2.05. The number of aromatic nitrogens is 1. The van der Waals surface area contributed by atoms with E-state index in [0.717, 1.165) is 24.1 Å². The molecule has 0 saturated heterocycles. The van der Waals surface area contributed by atoms with Gasteiger partial charge in [0, 0.05) is 17.9 Å². The molecule has 1 rings (SSSR count). The van der Waals surface area contributed by atoms with E-state index in [4.69, 9.17) is 5.73 Å². The van der Waals surface area contributed by atoms with E-state index < -0.39 is 0 Å². The van der Waals surface area contributed by atoms with Crippen molar-refractivity contribution >= 4 is 12.4 Å². The number of rotatable bonds is 3. The molecule has 74 valence electrons. The van der Waals surface area contributed by atoms with E-state index in [9.17, 15) is 0 Å². The molecule has 0 aliphatic heterocycles. The third-order valence-corrected chi connectivity index (χ3v) is 1.88. The maximum Gasteiger partial charge on any atom is 0.0403 e. The van der Waals surface area contributed by atoms with Crippen molar-refractivity contribution in [2.24, 2.45) is 5.73 Å². The molecular weight excluding hydrogens is 184 g/mol. The Morgan fingerprint density at radius 1 is 1.46 bits per heavy atom. The molecule has 1 aromatic rings. The third-order valence-electron chi connectivity index (χ3n) is 1.88. The first-order chi connectivity index (χ1) is 5.74. The van der Waals surface area contributed by atoms with E-state index >= 15 is 0 Å². The van der Waals surface area contributed by atoms with E-state index in [-0.39, 0.29) is 18.4 Å². The van der Waals surface area contributed by atoms with Gasteiger partial charge in [0.05, 0.1) is 0 Å². The molecule has 0 aliphatic carbocycles. The van der Waals surface area contributed by atoms with Crippen molar-refractivity contribution in [1.29, 1.82) is 0 Å². The summed E-state index contributed by atoms with van der Waals surface area (Å²) in [5.41, 5.74) is 7.96. The molecule has 2 nitrogen and oxygen atoms in total. The van der Waals surface area contributed by atoms with Crippen molar-refractivity contribution in [3.05, 3.63) is 29.6 Å². The van der Waals surface area contributed by atoms with Gasteiger partial charge in [0.15, 0.2) is 0 Å². The number of halogens is 1. The number of nitrogens with zero attached hydrogens (tertiary/aromatic N) is 1. The maximum absolute atomic E-state index is 5.70. The first-order valence-electron chi connectivity index (χ1n) is 4.44. The minimum atomic E-state index is 0. The van der Waals surface area contributed by atoms with Crippen LogP contribution in [0.1, 0.15) is 37.6 Å². The zero-order valence-electron chi connectivity index (χ0n) is 8.16. The van der Waals surface area contributed by atoms with Gasteiger partial charge in [-0.2, -0.15) is 0 Å². The van der Waals surface area contributed by atoms with Gasteiger partial charge in [0.2, 0.25) is 0 Å². The fraction of sp³-hybridized carbons (Fsp3) is 0.500. The minimum Gasteiger partial charge on any atom is -0.324 e. The van der Waals surface area contributed by atoms with Crippen molar-refractivity contribution < 1.29 is 0 Å². The molecule has 1 atom stereocenters. The van der Waals surface area contributed by atoms with E-state index in [1.54, 1.807) is 0 Å². The average Bonchev–Trinajstić information content (AvgIpc) is 2.06. The van der Waals surface area contributed by atoms with Crippen LogP contribution in [0.4, 0.5) is 0 Å². The highest BCUT2D eigenvalue weighted by Gasteiger charge is 1.98. The molecular formula is C10H17ClN2. The molecule has 0 spiro atoms. The maximum atomic E-state index is 5.70. The molecule has 0 fully saturated rings. The highest BCUT2D eigenvalue weighted by atomic mass is 35.5. The fourth-order valence-corrected chi connectivity index (χ4v) is 1.11. The SMILES string of the molecule is CCCc1ccc(C(C)N)cn1.Cl. The molecule has 0 saturated carbocycles. The van der Waals surface area contributed by atoms with Gasteiger partial charge in [-0.15, -0.1) is 12.4 Å². The zero-order valence-corrected chi connectivity index (χ0v) is 8.97. The second kappa shape index (κ2) is 5.95. The van der Waals surface area contributed by atoms with Crippen LogP contribution in [-0.2, 0) is 6.42 Å². The van der Waals surface area contributed by atoms with Crippen LogP contribution in [0.25, 0.3) is 0 Å². The molecule has 1 aromatic heterocycles. The lowest BCUT2D eigenvalue weighted by molar-refractivity contribution is 0.801. The molecule has 2 N–H and O–H groups in total. The summed E-state index contributed by atoms with van der Waals surface area (Å²) in [6.45, 7) is 4.12. The third kappa shape index (κ3) is 3.75. The van der Waals surface area contributed by atoms with Crippen LogP contribution >= 0.6 is 12.4 Å². The smallest absolute Gasteiger partial charge is 0.0403 e. The Morgan fingerprint density at radius 2 is 2.15 bits per heavy atom. The molecule has 0 bridgehead atoms. The van der Waals surface area contributed by atoms with Crippen molar-refractivity contribution in [2.75, 3.05) is 0 Å². The molecule has 0 amide bonds. The number of pyridine rings is 1. The van der Waals surface area contributed by atoms with Crippen LogP contribution in [0, 0.1) is 0 Å². The summed E-state index contributed by atoms with van der Waals surface area (Å²) in [7, 11) is 0. The van der Waals surface area contributed by atoms with Crippen LogP contribution in [0.15, 0.2) is 18.3 Å². The van der Waals surface area contributed by atoms with Crippen LogP contribution in [0.3, 0.4) is 0 Å². The number of hydrogen-bond acceptors (Lipinski definition) is 2. The summed E-state index contributed by atoms with van der Waals surface area (Å²) in [5, 5.41) is 0. The van der Waals surface area contributed by atoms with Gasteiger partial charge in [0.25, 0.3) is 0 Å². The second-order valence-corrected chi connectivity index (χ2v) is 3.12. The predicted octanol–water partition coefficient (Wildman–Crippen LogP) is 2.48. The largest absolute Gasteiger partial charge is 0.324 e. The van der Waals surface area contributed by atoms with Crippen LogP contribution < -0.4 is 5.73 Å². The van der Waals surface area contributed by atoms with E-state index in [1.165, 1.54) is 0 Å². The second-order valence-electron chi connectivity index (χ2n) is 3.12. The standard InChI is InChI=1S/C10H16N2.ClH/c1-3-4-10-6-5-9(7-12-10)8(2)11;/h5-8H,3-4,11H2,1-2H3;1H. The van der Waals surface area contributed by atoms with Gasteiger partial charge in [-0.3, -0.25) is 4.98 Å². The highest BCUT2D eigenvalue weighted by Crippen LogP contribution is 2.08. The Labute approximate surface area is 86.0 Å². The quantitative estimate of drug-likeness (QED) is 0.814. The van der Waals surface area contributed by atoms with Crippen LogP contribution in [-0.4, -0.2) is 4.98 Å². The Kier molecular flexibility index (Phi) is 5.67. The fourth-order valence-electron chi connectivity index (χ4n) is 1.11. The topological polar surface area (TPSA) is 38.9 Å². The first-order valence-corrected chi connectivity index (χ1v) is 4.44. The summed E-state index contributed by atoms with van der Waals surface area (Å²) in [6, 6.07) is 4.21. The molecule has 13 heavy (non-hydrogen) atoms. The monoisotopic (exact) mass is 200 g/mol. The van der Waals surface area contributed by atoms with Gasteiger partial charge in [-0.25, -0.2) is 0 Å². The Balaban J connectivity index is 0.00000144.